The summed E-state index contributed by atoms with van der Waals surface area (Å²) in [7, 11) is 1.14. The van der Waals surface area contributed by atoms with Gasteiger partial charge in [-0.3, -0.25) is 4.79 Å². The molecule has 2 aromatic heterocycles. The van der Waals surface area contributed by atoms with E-state index in [0.717, 1.165) is 24.2 Å². The van der Waals surface area contributed by atoms with Crippen LogP contribution in [0, 0.1) is 0 Å². The summed E-state index contributed by atoms with van der Waals surface area (Å²) in [5.41, 5.74) is -3.01. The number of carboxylic acids is 1. The SMILES string of the molecule is COc1c(-n2cc(C(=O)O)c(C(F)(F)F)c2)nc[nH]c1=O. The van der Waals surface area contributed by atoms with E-state index in [9.17, 15) is 22.8 Å². The number of rotatable bonds is 3. The average molecular weight is 303 g/mol. The smallest absolute Gasteiger partial charge is 0.418 e. The van der Waals surface area contributed by atoms with Gasteiger partial charge in [-0.05, 0) is 0 Å². The number of aromatic carboxylic acids is 1. The Kier molecular flexibility index (Phi) is 3.45. The third-order valence-electron chi connectivity index (χ3n) is 2.60. The first kappa shape index (κ1) is 14.6. The van der Waals surface area contributed by atoms with Crippen LogP contribution in [0.1, 0.15) is 15.9 Å². The molecule has 2 aromatic rings. The van der Waals surface area contributed by atoms with Crippen LogP contribution in [0.3, 0.4) is 0 Å². The number of methoxy groups -OCH3 is 1. The minimum absolute atomic E-state index is 0.251. The zero-order valence-electron chi connectivity index (χ0n) is 10.4. The topological polar surface area (TPSA) is 97.2 Å². The number of nitrogens with one attached hydrogen (secondary N) is 1. The average Bonchev–Trinajstić information content (AvgIpc) is 2.83. The molecule has 0 radical (unpaired) electrons. The summed E-state index contributed by atoms with van der Waals surface area (Å²) in [4.78, 5) is 28.3. The first-order valence-electron chi connectivity index (χ1n) is 5.40. The zero-order chi connectivity index (χ0) is 15.8. The van der Waals surface area contributed by atoms with E-state index >= 15 is 0 Å². The normalized spacial score (nSPS) is 11.4. The number of H-pyrrole nitrogens is 1. The summed E-state index contributed by atoms with van der Waals surface area (Å²) < 4.78 is 44.0. The maximum absolute atomic E-state index is 12.8. The Hall–Kier alpha value is -2.78. The standard InChI is InChI=1S/C11H8F3N3O4/c1-21-7-8(15-4-16-9(7)18)17-2-5(10(19)20)6(3-17)11(12,13)14/h2-4H,1H3,(H,19,20)(H,15,16,18). The van der Waals surface area contributed by atoms with Crippen molar-refractivity contribution in [2.45, 2.75) is 6.18 Å². The highest BCUT2D eigenvalue weighted by Crippen LogP contribution is 2.33. The Morgan fingerprint density at radius 3 is 2.57 bits per heavy atom. The third kappa shape index (κ3) is 2.59. The molecule has 0 saturated heterocycles. The second-order valence-corrected chi connectivity index (χ2v) is 3.88. The summed E-state index contributed by atoms with van der Waals surface area (Å²) in [6.07, 6.45) is -2.63. The van der Waals surface area contributed by atoms with Gasteiger partial charge in [0, 0.05) is 12.4 Å². The second-order valence-electron chi connectivity index (χ2n) is 3.88. The van der Waals surface area contributed by atoms with Crippen LogP contribution in [0.15, 0.2) is 23.5 Å². The van der Waals surface area contributed by atoms with E-state index < -0.39 is 28.8 Å². The number of halogens is 3. The van der Waals surface area contributed by atoms with Gasteiger partial charge in [-0.1, -0.05) is 0 Å². The van der Waals surface area contributed by atoms with Crippen LogP contribution in [0.25, 0.3) is 5.82 Å². The molecule has 0 atom stereocenters. The van der Waals surface area contributed by atoms with Crippen LogP contribution >= 0.6 is 0 Å². The molecule has 0 aromatic carbocycles. The molecule has 0 fully saturated rings. The Morgan fingerprint density at radius 1 is 1.43 bits per heavy atom. The fraction of sp³-hybridized carbons (Fsp3) is 0.182. The zero-order valence-corrected chi connectivity index (χ0v) is 10.4. The number of alkyl halides is 3. The van der Waals surface area contributed by atoms with Crippen LogP contribution in [0.5, 0.6) is 5.75 Å². The molecule has 0 spiro atoms. The molecule has 2 heterocycles. The lowest BCUT2D eigenvalue weighted by atomic mass is 10.2. The number of hydrogen-bond acceptors (Lipinski definition) is 4. The molecule has 2 rings (SSSR count). The number of aromatic nitrogens is 3. The van der Waals surface area contributed by atoms with Crippen molar-refractivity contribution in [3.05, 3.63) is 40.2 Å². The number of hydrogen-bond donors (Lipinski definition) is 2. The van der Waals surface area contributed by atoms with Crippen molar-refractivity contribution in [1.82, 2.24) is 14.5 Å². The largest absolute Gasteiger partial charge is 0.488 e. The first-order valence-corrected chi connectivity index (χ1v) is 5.40. The summed E-state index contributed by atoms with van der Waals surface area (Å²) in [6, 6.07) is 0. The highest BCUT2D eigenvalue weighted by molar-refractivity contribution is 5.89. The molecule has 112 valence electrons. The Balaban J connectivity index is 2.70. The predicted octanol–water partition coefficient (Wildman–Crippen LogP) is 1.29. The monoisotopic (exact) mass is 303 g/mol. The molecule has 0 bridgehead atoms. The highest BCUT2D eigenvalue weighted by atomic mass is 19.4. The van der Waals surface area contributed by atoms with Gasteiger partial charge >= 0.3 is 12.1 Å². The minimum Gasteiger partial charge on any atom is -0.488 e. The van der Waals surface area contributed by atoms with Crippen LogP contribution < -0.4 is 10.3 Å². The van der Waals surface area contributed by atoms with E-state index in [1.165, 1.54) is 0 Å². The van der Waals surface area contributed by atoms with Crippen molar-refractivity contribution in [3.63, 3.8) is 0 Å². The number of carboxylic acid groups (broad SMARTS) is 1. The summed E-state index contributed by atoms with van der Waals surface area (Å²) >= 11 is 0. The molecule has 0 aliphatic rings. The van der Waals surface area contributed by atoms with Crippen molar-refractivity contribution in [2.75, 3.05) is 7.11 Å². The summed E-state index contributed by atoms with van der Waals surface area (Å²) in [5, 5.41) is 8.84. The van der Waals surface area contributed by atoms with Gasteiger partial charge in [0.1, 0.15) is 0 Å². The molecule has 0 aliphatic heterocycles. The van der Waals surface area contributed by atoms with Crippen molar-refractivity contribution < 1.29 is 27.8 Å². The molecule has 21 heavy (non-hydrogen) atoms. The van der Waals surface area contributed by atoms with Gasteiger partial charge in [0.05, 0.1) is 24.6 Å². The predicted molar refractivity (Wildman–Crippen MR) is 62.7 cm³/mol. The van der Waals surface area contributed by atoms with E-state index in [1.807, 2.05) is 0 Å². The van der Waals surface area contributed by atoms with Crippen LogP contribution in [-0.4, -0.2) is 32.7 Å². The van der Waals surface area contributed by atoms with E-state index in [2.05, 4.69) is 9.97 Å². The fourth-order valence-corrected chi connectivity index (χ4v) is 1.72. The quantitative estimate of drug-likeness (QED) is 0.890. The lowest BCUT2D eigenvalue weighted by Crippen LogP contribution is -2.13. The van der Waals surface area contributed by atoms with E-state index in [4.69, 9.17) is 9.84 Å². The maximum atomic E-state index is 12.8. The molecule has 0 unspecified atom stereocenters. The van der Waals surface area contributed by atoms with E-state index in [1.54, 1.807) is 0 Å². The molecule has 10 heteroatoms. The van der Waals surface area contributed by atoms with Gasteiger partial charge in [0.15, 0.2) is 5.82 Å². The molecular weight excluding hydrogens is 295 g/mol. The lowest BCUT2D eigenvalue weighted by Gasteiger charge is -2.06. The van der Waals surface area contributed by atoms with Gasteiger partial charge in [-0.2, -0.15) is 13.2 Å². The minimum atomic E-state index is -4.85. The van der Waals surface area contributed by atoms with Crippen LogP contribution in [-0.2, 0) is 6.18 Å². The van der Waals surface area contributed by atoms with E-state index in [-0.39, 0.29) is 11.6 Å². The summed E-state index contributed by atoms with van der Waals surface area (Å²) in [5.74, 6) is -2.33. The van der Waals surface area contributed by atoms with Gasteiger partial charge in [-0.25, -0.2) is 9.78 Å². The number of ether oxygens (including phenoxy) is 1. The molecule has 7 nitrogen and oxygen atoms in total. The van der Waals surface area contributed by atoms with Gasteiger partial charge in [0.2, 0.25) is 5.75 Å². The van der Waals surface area contributed by atoms with Gasteiger partial charge in [0.25, 0.3) is 5.56 Å². The Labute approximate surface area is 114 Å². The number of aromatic amines is 1. The molecule has 0 amide bonds. The summed E-state index contributed by atoms with van der Waals surface area (Å²) in [6.45, 7) is 0. The van der Waals surface area contributed by atoms with Crippen molar-refractivity contribution in [1.29, 1.82) is 0 Å². The van der Waals surface area contributed by atoms with Crippen molar-refractivity contribution in [3.8, 4) is 11.6 Å². The van der Waals surface area contributed by atoms with Crippen molar-refractivity contribution in [2.24, 2.45) is 0 Å². The molecule has 2 N–H and O–H groups in total. The molecular formula is C11H8F3N3O4. The molecule has 0 aliphatic carbocycles. The molecule has 0 saturated carbocycles. The lowest BCUT2D eigenvalue weighted by molar-refractivity contribution is -0.138. The third-order valence-corrected chi connectivity index (χ3v) is 2.60. The number of nitrogens with zero attached hydrogens (tertiary/aromatic N) is 2. The van der Waals surface area contributed by atoms with Crippen LogP contribution in [0.4, 0.5) is 13.2 Å². The van der Waals surface area contributed by atoms with Crippen LogP contribution in [0.2, 0.25) is 0 Å². The highest BCUT2D eigenvalue weighted by Gasteiger charge is 2.37. The maximum Gasteiger partial charge on any atom is 0.418 e. The van der Waals surface area contributed by atoms with Gasteiger partial charge in [-0.15, -0.1) is 0 Å². The Morgan fingerprint density at radius 2 is 2.10 bits per heavy atom. The first-order chi connectivity index (χ1) is 9.75. The van der Waals surface area contributed by atoms with Gasteiger partial charge < -0.3 is 19.4 Å². The van der Waals surface area contributed by atoms with E-state index in [0.29, 0.717) is 6.20 Å². The Bertz CT molecular complexity index is 748. The second kappa shape index (κ2) is 4.96. The van der Waals surface area contributed by atoms with Crippen molar-refractivity contribution >= 4 is 5.97 Å². The fourth-order valence-electron chi connectivity index (χ4n) is 1.72. The number of carbonyl (C=O) groups is 1.